The van der Waals surface area contributed by atoms with Crippen molar-refractivity contribution in [1.82, 2.24) is 0 Å². The van der Waals surface area contributed by atoms with Gasteiger partial charge in [0.15, 0.2) is 0 Å². The van der Waals surface area contributed by atoms with Gasteiger partial charge in [-0.3, -0.25) is 4.79 Å². The van der Waals surface area contributed by atoms with Gasteiger partial charge in [-0.25, -0.2) is 0 Å². The maximum absolute atomic E-state index is 11.8. The van der Waals surface area contributed by atoms with Gasteiger partial charge in [-0.05, 0) is 24.0 Å². The van der Waals surface area contributed by atoms with E-state index in [1.165, 1.54) is 17.5 Å². The highest BCUT2D eigenvalue weighted by molar-refractivity contribution is 5.81. The van der Waals surface area contributed by atoms with Crippen LogP contribution in [0, 0.1) is 12.8 Å². The fourth-order valence-corrected chi connectivity index (χ4v) is 2.08. The molecule has 16 heavy (non-hydrogen) atoms. The molecule has 0 radical (unpaired) electrons. The van der Waals surface area contributed by atoms with E-state index in [0.29, 0.717) is 18.1 Å². The van der Waals surface area contributed by atoms with Gasteiger partial charge in [0.1, 0.15) is 5.78 Å². The van der Waals surface area contributed by atoms with Gasteiger partial charge in [0.25, 0.3) is 0 Å². The van der Waals surface area contributed by atoms with Crippen LogP contribution in [0.5, 0.6) is 0 Å². The van der Waals surface area contributed by atoms with Gasteiger partial charge in [-0.15, -0.1) is 0 Å². The zero-order valence-electron chi connectivity index (χ0n) is 10.6. The van der Waals surface area contributed by atoms with Crippen LogP contribution in [0.2, 0.25) is 0 Å². The fourth-order valence-electron chi connectivity index (χ4n) is 2.08. The van der Waals surface area contributed by atoms with Crippen molar-refractivity contribution in [3.05, 3.63) is 35.4 Å². The third-order valence-corrected chi connectivity index (χ3v) is 3.01. The zero-order chi connectivity index (χ0) is 12.0. The highest BCUT2D eigenvalue weighted by Crippen LogP contribution is 2.14. The summed E-state index contributed by atoms with van der Waals surface area (Å²) in [5, 5.41) is 0. The monoisotopic (exact) mass is 218 g/mol. The van der Waals surface area contributed by atoms with Crippen LogP contribution in [-0.4, -0.2) is 5.78 Å². The van der Waals surface area contributed by atoms with E-state index in [4.69, 9.17) is 0 Å². The largest absolute Gasteiger partial charge is 0.299 e. The van der Waals surface area contributed by atoms with Gasteiger partial charge in [-0.1, -0.05) is 51.0 Å². The number of aryl methyl sites for hydroxylation is 1. The highest BCUT2D eigenvalue weighted by atomic mass is 16.1. The molecule has 0 saturated heterocycles. The van der Waals surface area contributed by atoms with E-state index in [1.54, 1.807) is 0 Å². The van der Waals surface area contributed by atoms with Crippen LogP contribution in [0.15, 0.2) is 24.3 Å². The minimum absolute atomic E-state index is 0.371. The lowest BCUT2D eigenvalue weighted by Crippen LogP contribution is -2.09. The van der Waals surface area contributed by atoms with E-state index in [2.05, 4.69) is 32.9 Å². The Morgan fingerprint density at radius 1 is 1.31 bits per heavy atom. The first kappa shape index (κ1) is 13.0. The molecule has 1 nitrogen and oxygen atoms in total. The van der Waals surface area contributed by atoms with E-state index in [1.807, 2.05) is 12.1 Å². The fraction of sp³-hybridized carbons (Fsp3) is 0.533. The van der Waals surface area contributed by atoms with Gasteiger partial charge >= 0.3 is 0 Å². The number of carbonyl (C=O) groups is 1. The molecule has 88 valence electrons. The van der Waals surface area contributed by atoms with Crippen LogP contribution in [0.3, 0.4) is 0 Å². The zero-order valence-corrected chi connectivity index (χ0v) is 10.6. The summed E-state index contributed by atoms with van der Waals surface area (Å²) >= 11 is 0. The minimum atomic E-state index is 0.371. The van der Waals surface area contributed by atoms with E-state index in [9.17, 15) is 4.79 Å². The van der Waals surface area contributed by atoms with Crippen LogP contribution >= 0.6 is 0 Å². The SMILES string of the molecule is CCCC(C)CC(=O)Cc1ccccc1C. The average molecular weight is 218 g/mol. The molecule has 0 aliphatic rings. The smallest absolute Gasteiger partial charge is 0.137 e. The molecule has 1 aromatic carbocycles. The molecule has 1 unspecified atom stereocenters. The molecular weight excluding hydrogens is 196 g/mol. The van der Waals surface area contributed by atoms with E-state index in [0.717, 1.165) is 12.8 Å². The molecule has 0 bridgehead atoms. The number of hydrogen-bond acceptors (Lipinski definition) is 1. The lowest BCUT2D eigenvalue weighted by Gasteiger charge is -2.09. The van der Waals surface area contributed by atoms with Gasteiger partial charge in [0.05, 0.1) is 0 Å². The molecule has 0 heterocycles. The number of ketones is 1. The molecular formula is C15H22O. The first-order valence-corrected chi connectivity index (χ1v) is 6.19. The van der Waals surface area contributed by atoms with Crippen LogP contribution in [0.1, 0.15) is 44.2 Å². The van der Waals surface area contributed by atoms with Gasteiger partial charge in [0.2, 0.25) is 0 Å². The van der Waals surface area contributed by atoms with E-state index >= 15 is 0 Å². The van der Waals surface area contributed by atoms with E-state index in [-0.39, 0.29) is 0 Å². The van der Waals surface area contributed by atoms with Gasteiger partial charge in [-0.2, -0.15) is 0 Å². The maximum atomic E-state index is 11.8. The third-order valence-electron chi connectivity index (χ3n) is 3.01. The number of benzene rings is 1. The van der Waals surface area contributed by atoms with Crippen molar-refractivity contribution in [1.29, 1.82) is 0 Å². The Morgan fingerprint density at radius 2 is 2.00 bits per heavy atom. The standard InChI is InChI=1S/C15H22O/c1-4-7-12(2)10-15(16)11-14-9-6-5-8-13(14)3/h5-6,8-9,12H,4,7,10-11H2,1-3H3. The number of hydrogen-bond donors (Lipinski definition) is 0. The molecule has 0 fully saturated rings. The lowest BCUT2D eigenvalue weighted by molar-refractivity contribution is -0.119. The Hall–Kier alpha value is -1.11. The molecule has 1 heteroatoms. The second-order valence-corrected chi connectivity index (χ2v) is 4.74. The topological polar surface area (TPSA) is 17.1 Å². The molecule has 1 rings (SSSR count). The van der Waals surface area contributed by atoms with Crippen molar-refractivity contribution in [2.24, 2.45) is 5.92 Å². The molecule has 0 amide bonds. The van der Waals surface area contributed by atoms with Crippen molar-refractivity contribution in [3.8, 4) is 0 Å². The molecule has 0 saturated carbocycles. The summed E-state index contributed by atoms with van der Waals surface area (Å²) in [6.07, 6.45) is 3.64. The Labute approximate surface area is 98.9 Å². The second kappa shape index (κ2) is 6.47. The Bertz CT molecular complexity index is 341. The summed E-state index contributed by atoms with van der Waals surface area (Å²) in [7, 11) is 0. The van der Waals surface area contributed by atoms with Crippen molar-refractivity contribution in [2.45, 2.75) is 46.5 Å². The highest BCUT2D eigenvalue weighted by Gasteiger charge is 2.10. The van der Waals surface area contributed by atoms with Crippen molar-refractivity contribution >= 4 is 5.78 Å². The molecule has 0 aliphatic carbocycles. The molecule has 1 atom stereocenters. The lowest BCUT2D eigenvalue weighted by atomic mass is 9.95. The van der Waals surface area contributed by atoms with Crippen LogP contribution < -0.4 is 0 Å². The van der Waals surface area contributed by atoms with Crippen molar-refractivity contribution < 1.29 is 4.79 Å². The van der Waals surface area contributed by atoms with Crippen molar-refractivity contribution in [2.75, 3.05) is 0 Å². The van der Waals surface area contributed by atoms with Gasteiger partial charge < -0.3 is 0 Å². The summed E-state index contributed by atoms with van der Waals surface area (Å²) in [6.45, 7) is 6.40. The van der Waals surface area contributed by atoms with Crippen LogP contribution in [-0.2, 0) is 11.2 Å². The van der Waals surface area contributed by atoms with E-state index < -0.39 is 0 Å². The number of carbonyl (C=O) groups excluding carboxylic acids is 1. The summed E-state index contributed by atoms with van der Waals surface area (Å²) in [5.74, 6) is 0.900. The van der Waals surface area contributed by atoms with Crippen molar-refractivity contribution in [3.63, 3.8) is 0 Å². The third kappa shape index (κ3) is 4.18. The Morgan fingerprint density at radius 3 is 2.62 bits per heavy atom. The summed E-state index contributed by atoms with van der Waals surface area (Å²) in [6, 6.07) is 8.14. The van der Waals surface area contributed by atoms with Crippen LogP contribution in [0.25, 0.3) is 0 Å². The Balaban J connectivity index is 2.49. The second-order valence-electron chi connectivity index (χ2n) is 4.74. The maximum Gasteiger partial charge on any atom is 0.137 e. The minimum Gasteiger partial charge on any atom is -0.299 e. The summed E-state index contributed by atoms with van der Waals surface area (Å²) in [5.41, 5.74) is 2.40. The molecule has 0 spiro atoms. The first-order chi connectivity index (χ1) is 7.63. The normalized spacial score (nSPS) is 12.4. The quantitative estimate of drug-likeness (QED) is 0.707. The van der Waals surface area contributed by atoms with Crippen LogP contribution in [0.4, 0.5) is 0 Å². The predicted molar refractivity (Wildman–Crippen MR) is 68.6 cm³/mol. The average Bonchev–Trinajstić information content (AvgIpc) is 2.21. The molecule has 0 N–H and O–H groups in total. The number of Topliss-reactive ketones (excluding diaryl/α,β-unsaturated/α-hetero) is 1. The first-order valence-electron chi connectivity index (χ1n) is 6.19. The predicted octanol–water partition coefficient (Wildman–Crippen LogP) is 3.93. The summed E-state index contributed by atoms with van der Waals surface area (Å²) in [4.78, 5) is 11.8. The molecule has 0 aromatic heterocycles. The Kier molecular flexibility index (Phi) is 5.24. The molecule has 0 aliphatic heterocycles. The molecule has 1 aromatic rings. The van der Waals surface area contributed by atoms with Gasteiger partial charge in [0, 0.05) is 12.8 Å². The number of rotatable bonds is 6. The summed E-state index contributed by atoms with van der Waals surface area (Å²) < 4.78 is 0.